The summed E-state index contributed by atoms with van der Waals surface area (Å²) in [5.41, 5.74) is 3.89. The molecule has 0 aromatic heterocycles. The molecular formula is C18H18N2O3. The van der Waals surface area contributed by atoms with Crippen LogP contribution in [0.4, 0.5) is 11.4 Å². The first-order chi connectivity index (χ1) is 10.9. The second kappa shape index (κ2) is 5.76. The van der Waals surface area contributed by atoms with Crippen molar-refractivity contribution in [1.29, 1.82) is 0 Å². The summed E-state index contributed by atoms with van der Waals surface area (Å²) < 4.78 is 5.49. The number of nitrogens with one attached hydrogen (secondary N) is 2. The van der Waals surface area contributed by atoms with Gasteiger partial charge in [0.25, 0.3) is 11.8 Å². The molecule has 0 saturated heterocycles. The fourth-order valence-electron chi connectivity index (χ4n) is 2.50. The number of carbonyl (C=O) groups is 2. The van der Waals surface area contributed by atoms with Gasteiger partial charge in [-0.3, -0.25) is 9.59 Å². The maximum absolute atomic E-state index is 12.4. The molecule has 118 valence electrons. The van der Waals surface area contributed by atoms with Crippen LogP contribution < -0.4 is 15.4 Å². The van der Waals surface area contributed by atoms with Crippen LogP contribution in [-0.4, -0.2) is 17.9 Å². The second-order valence-electron chi connectivity index (χ2n) is 5.73. The van der Waals surface area contributed by atoms with Crippen LogP contribution in [0.3, 0.4) is 0 Å². The summed E-state index contributed by atoms with van der Waals surface area (Å²) >= 11 is 0. The predicted molar refractivity (Wildman–Crippen MR) is 89.0 cm³/mol. The van der Waals surface area contributed by atoms with Crippen molar-refractivity contribution in [1.82, 2.24) is 0 Å². The standard InChI is InChI=1S/C18H18N2O3/c1-10-4-6-14(11(2)8-10)19-18(22)13-5-7-16-15(9-13)20-17(21)12(3)23-16/h4-9,12H,1-3H3,(H,19,22)(H,20,21). The van der Waals surface area contributed by atoms with Crippen LogP contribution in [0.15, 0.2) is 36.4 Å². The Morgan fingerprint density at radius 1 is 1.17 bits per heavy atom. The normalized spacial score (nSPS) is 16.1. The van der Waals surface area contributed by atoms with E-state index < -0.39 is 6.10 Å². The number of carbonyl (C=O) groups excluding carboxylic acids is 2. The molecule has 2 aromatic rings. The molecule has 2 aromatic carbocycles. The average molecular weight is 310 g/mol. The molecule has 0 spiro atoms. The maximum Gasteiger partial charge on any atom is 0.265 e. The fourth-order valence-corrected chi connectivity index (χ4v) is 2.50. The number of ether oxygens (including phenoxy) is 1. The van der Waals surface area contributed by atoms with Gasteiger partial charge in [-0.2, -0.15) is 0 Å². The van der Waals surface area contributed by atoms with E-state index in [1.807, 2.05) is 32.0 Å². The SMILES string of the molecule is Cc1ccc(NC(=O)c2ccc3c(c2)NC(=O)C(C)O3)c(C)c1. The molecule has 0 fully saturated rings. The number of amides is 2. The van der Waals surface area contributed by atoms with E-state index in [9.17, 15) is 9.59 Å². The third-order valence-corrected chi connectivity index (χ3v) is 3.80. The quantitative estimate of drug-likeness (QED) is 0.894. The first kappa shape index (κ1) is 15.1. The Labute approximate surface area is 134 Å². The lowest BCUT2D eigenvalue weighted by Gasteiger charge is -2.23. The molecule has 2 N–H and O–H groups in total. The van der Waals surface area contributed by atoms with Crippen molar-refractivity contribution in [3.63, 3.8) is 0 Å². The molecule has 23 heavy (non-hydrogen) atoms. The van der Waals surface area contributed by atoms with Gasteiger partial charge in [-0.25, -0.2) is 0 Å². The average Bonchev–Trinajstić information content (AvgIpc) is 2.50. The van der Waals surface area contributed by atoms with Gasteiger partial charge in [-0.1, -0.05) is 17.7 Å². The van der Waals surface area contributed by atoms with Gasteiger partial charge in [0.15, 0.2) is 6.10 Å². The Hall–Kier alpha value is -2.82. The highest BCUT2D eigenvalue weighted by molar-refractivity contribution is 6.06. The molecule has 5 heteroatoms. The molecule has 0 bridgehead atoms. The third kappa shape index (κ3) is 3.04. The minimum Gasteiger partial charge on any atom is -0.479 e. The van der Waals surface area contributed by atoms with E-state index in [1.54, 1.807) is 25.1 Å². The van der Waals surface area contributed by atoms with Crippen molar-refractivity contribution in [2.75, 3.05) is 10.6 Å². The smallest absolute Gasteiger partial charge is 0.265 e. The zero-order chi connectivity index (χ0) is 16.6. The summed E-state index contributed by atoms with van der Waals surface area (Å²) in [5, 5.41) is 5.63. The number of benzene rings is 2. The highest BCUT2D eigenvalue weighted by Crippen LogP contribution is 2.30. The molecule has 1 unspecified atom stereocenters. The van der Waals surface area contributed by atoms with Gasteiger partial charge in [0.2, 0.25) is 0 Å². The van der Waals surface area contributed by atoms with Crippen LogP contribution in [0.5, 0.6) is 5.75 Å². The van der Waals surface area contributed by atoms with E-state index in [2.05, 4.69) is 10.6 Å². The zero-order valence-electron chi connectivity index (χ0n) is 13.3. The predicted octanol–water partition coefficient (Wildman–Crippen LogP) is 3.28. The Balaban J connectivity index is 1.83. The zero-order valence-corrected chi connectivity index (χ0v) is 13.3. The molecular weight excluding hydrogens is 292 g/mol. The molecule has 1 heterocycles. The second-order valence-corrected chi connectivity index (χ2v) is 5.73. The fraction of sp³-hybridized carbons (Fsp3) is 0.222. The number of rotatable bonds is 2. The van der Waals surface area contributed by atoms with Crippen LogP contribution in [0.2, 0.25) is 0 Å². The minimum absolute atomic E-state index is 0.218. The van der Waals surface area contributed by atoms with Crippen molar-refractivity contribution < 1.29 is 14.3 Å². The number of fused-ring (bicyclic) bond motifs is 1. The Morgan fingerprint density at radius 3 is 2.70 bits per heavy atom. The van der Waals surface area contributed by atoms with Crippen LogP contribution >= 0.6 is 0 Å². The van der Waals surface area contributed by atoms with E-state index >= 15 is 0 Å². The third-order valence-electron chi connectivity index (χ3n) is 3.80. The van der Waals surface area contributed by atoms with Gasteiger partial charge < -0.3 is 15.4 Å². The molecule has 2 amide bonds. The van der Waals surface area contributed by atoms with Gasteiger partial charge in [0.1, 0.15) is 5.75 Å². The van der Waals surface area contributed by atoms with Crippen LogP contribution in [0.25, 0.3) is 0 Å². The lowest BCUT2D eigenvalue weighted by Crippen LogP contribution is -2.34. The van der Waals surface area contributed by atoms with E-state index in [0.717, 1.165) is 16.8 Å². The highest BCUT2D eigenvalue weighted by Gasteiger charge is 2.24. The van der Waals surface area contributed by atoms with Gasteiger partial charge in [0, 0.05) is 11.3 Å². The Bertz CT molecular complexity index is 799. The molecule has 1 aliphatic rings. The lowest BCUT2D eigenvalue weighted by molar-refractivity contribution is -0.122. The van der Waals surface area contributed by atoms with E-state index in [0.29, 0.717) is 17.0 Å². The number of hydrogen-bond donors (Lipinski definition) is 2. The monoisotopic (exact) mass is 310 g/mol. The molecule has 1 atom stereocenters. The van der Waals surface area contributed by atoms with Gasteiger partial charge in [-0.15, -0.1) is 0 Å². The minimum atomic E-state index is -0.530. The molecule has 0 saturated carbocycles. The Morgan fingerprint density at radius 2 is 1.96 bits per heavy atom. The van der Waals surface area contributed by atoms with Gasteiger partial charge in [-0.05, 0) is 50.6 Å². The van der Waals surface area contributed by atoms with Crippen LogP contribution in [-0.2, 0) is 4.79 Å². The van der Waals surface area contributed by atoms with Crippen molar-refractivity contribution in [2.24, 2.45) is 0 Å². The first-order valence-corrected chi connectivity index (χ1v) is 7.44. The summed E-state index contributed by atoms with van der Waals surface area (Å²) in [4.78, 5) is 24.1. The topological polar surface area (TPSA) is 67.4 Å². The summed E-state index contributed by atoms with van der Waals surface area (Å²) in [5.74, 6) is 0.122. The molecule has 0 radical (unpaired) electrons. The number of aryl methyl sites for hydroxylation is 2. The highest BCUT2D eigenvalue weighted by atomic mass is 16.5. The van der Waals surface area contributed by atoms with Crippen molar-refractivity contribution in [3.8, 4) is 5.75 Å². The molecule has 3 rings (SSSR count). The van der Waals surface area contributed by atoms with Gasteiger partial charge in [0.05, 0.1) is 5.69 Å². The summed E-state index contributed by atoms with van der Waals surface area (Å²) in [6.07, 6.45) is -0.530. The maximum atomic E-state index is 12.4. The molecule has 0 aliphatic carbocycles. The molecule has 1 aliphatic heterocycles. The van der Waals surface area contributed by atoms with Crippen molar-refractivity contribution in [3.05, 3.63) is 53.1 Å². The lowest BCUT2D eigenvalue weighted by atomic mass is 10.1. The summed E-state index contributed by atoms with van der Waals surface area (Å²) in [6, 6.07) is 10.8. The number of anilines is 2. The van der Waals surface area contributed by atoms with Crippen LogP contribution in [0.1, 0.15) is 28.4 Å². The number of hydrogen-bond acceptors (Lipinski definition) is 3. The summed E-state index contributed by atoms with van der Waals surface area (Å²) in [6.45, 7) is 5.63. The van der Waals surface area contributed by atoms with E-state index in [1.165, 1.54) is 0 Å². The first-order valence-electron chi connectivity index (χ1n) is 7.44. The van der Waals surface area contributed by atoms with Crippen molar-refractivity contribution in [2.45, 2.75) is 26.9 Å². The largest absolute Gasteiger partial charge is 0.479 e. The summed E-state index contributed by atoms with van der Waals surface area (Å²) in [7, 11) is 0. The van der Waals surface area contributed by atoms with Crippen LogP contribution in [0, 0.1) is 13.8 Å². The van der Waals surface area contributed by atoms with E-state index in [4.69, 9.17) is 4.74 Å². The molecule has 5 nitrogen and oxygen atoms in total. The van der Waals surface area contributed by atoms with E-state index in [-0.39, 0.29) is 11.8 Å². The van der Waals surface area contributed by atoms with Crippen molar-refractivity contribution >= 4 is 23.2 Å². The Kier molecular flexibility index (Phi) is 3.78. The van der Waals surface area contributed by atoms with Gasteiger partial charge >= 0.3 is 0 Å².